The summed E-state index contributed by atoms with van der Waals surface area (Å²) < 4.78 is 0. The summed E-state index contributed by atoms with van der Waals surface area (Å²) in [5.41, 5.74) is 3.84. The number of aromatic nitrogens is 1. The number of carbonyl (C=O) groups excluding carboxylic acids is 1. The third-order valence-corrected chi connectivity index (χ3v) is 3.58. The van der Waals surface area contributed by atoms with E-state index >= 15 is 0 Å². The van der Waals surface area contributed by atoms with Crippen LogP contribution >= 0.6 is 0 Å². The van der Waals surface area contributed by atoms with Gasteiger partial charge in [0.2, 0.25) is 0 Å². The highest BCUT2D eigenvalue weighted by molar-refractivity contribution is 6.07. The molecule has 2 heterocycles. The van der Waals surface area contributed by atoms with Gasteiger partial charge in [-0.15, -0.1) is 0 Å². The van der Waals surface area contributed by atoms with E-state index < -0.39 is 0 Å². The highest BCUT2D eigenvalue weighted by Gasteiger charge is 2.31. The molecule has 19 heavy (non-hydrogen) atoms. The van der Waals surface area contributed by atoms with E-state index in [1.807, 2.05) is 42.2 Å². The van der Waals surface area contributed by atoms with E-state index in [-0.39, 0.29) is 11.9 Å². The Morgan fingerprint density at radius 2 is 2.05 bits per heavy atom. The molecule has 0 fully saturated rings. The lowest BCUT2D eigenvalue weighted by atomic mass is 10.1. The molecule has 3 rings (SSSR count). The fraction of sp³-hybridized carbons (Fsp3) is 0.250. The Morgan fingerprint density at radius 3 is 2.79 bits per heavy atom. The summed E-state index contributed by atoms with van der Waals surface area (Å²) in [5.74, 6) is 0.0324. The number of hydrogen-bond acceptors (Lipinski definition) is 2. The van der Waals surface area contributed by atoms with Crippen LogP contribution in [-0.4, -0.2) is 16.9 Å². The molecule has 0 bridgehead atoms. The first kappa shape index (κ1) is 11.9. The number of para-hydroxylation sites is 1. The average Bonchev–Trinajstić information content (AvgIpc) is 2.74. The molecule has 0 radical (unpaired) electrons. The zero-order valence-electron chi connectivity index (χ0n) is 11.1. The second-order valence-electron chi connectivity index (χ2n) is 5.05. The Labute approximate surface area is 112 Å². The molecule has 1 aliphatic heterocycles. The standard InChI is InChI=1S/C16H16N2O/c1-11-7-8-14(10-17-11)16(19)18-12(2)9-13-5-3-4-6-15(13)18/h3-8,10,12H,9H2,1-2H3. The maximum absolute atomic E-state index is 12.6. The van der Waals surface area contributed by atoms with Crippen LogP contribution in [0.5, 0.6) is 0 Å². The minimum absolute atomic E-state index is 0.0324. The van der Waals surface area contributed by atoms with Crippen LogP contribution < -0.4 is 4.90 Å². The molecular formula is C16H16N2O. The predicted molar refractivity (Wildman–Crippen MR) is 75.4 cm³/mol. The van der Waals surface area contributed by atoms with Crippen molar-refractivity contribution in [3.8, 4) is 0 Å². The van der Waals surface area contributed by atoms with Crippen LogP contribution in [-0.2, 0) is 6.42 Å². The van der Waals surface area contributed by atoms with Crippen LogP contribution in [0.3, 0.4) is 0 Å². The zero-order valence-corrected chi connectivity index (χ0v) is 11.1. The van der Waals surface area contributed by atoms with Crippen molar-refractivity contribution in [2.45, 2.75) is 26.3 Å². The predicted octanol–water partition coefficient (Wildman–Crippen LogP) is 2.98. The van der Waals surface area contributed by atoms with E-state index in [0.29, 0.717) is 5.56 Å². The van der Waals surface area contributed by atoms with Gasteiger partial charge >= 0.3 is 0 Å². The first-order valence-electron chi connectivity index (χ1n) is 6.51. The van der Waals surface area contributed by atoms with E-state index in [9.17, 15) is 4.79 Å². The number of amides is 1. The number of pyridine rings is 1. The molecule has 1 atom stereocenters. The Balaban J connectivity index is 1.98. The van der Waals surface area contributed by atoms with Crippen molar-refractivity contribution >= 4 is 11.6 Å². The third kappa shape index (κ3) is 2.01. The molecule has 2 aromatic rings. The smallest absolute Gasteiger partial charge is 0.260 e. The number of fused-ring (bicyclic) bond motifs is 1. The molecule has 96 valence electrons. The van der Waals surface area contributed by atoms with E-state index in [0.717, 1.165) is 17.8 Å². The number of carbonyl (C=O) groups is 1. The van der Waals surface area contributed by atoms with Gasteiger partial charge in [-0.2, -0.15) is 0 Å². The summed E-state index contributed by atoms with van der Waals surface area (Å²) in [4.78, 5) is 18.7. The van der Waals surface area contributed by atoms with E-state index in [1.165, 1.54) is 5.56 Å². The van der Waals surface area contributed by atoms with Gasteiger partial charge in [0.25, 0.3) is 5.91 Å². The summed E-state index contributed by atoms with van der Waals surface area (Å²) in [6, 6.07) is 12.0. The normalized spacial score (nSPS) is 17.4. The Kier molecular flexibility index (Phi) is 2.82. The van der Waals surface area contributed by atoms with E-state index in [4.69, 9.17) is 0 Å². The highest BCUT2D eigenvalue weighted by atomic mass is 16.2. The molecule has 1 aliphatic rings. The van der Waals surface area contributed by atoms with Crippen LogP contribution in [0.4, 0.5) is 5.69 Å². The van der Waals surface area contributed by atoms with Gasteiger partial charge in [-0.3, -0.25) is 9.78 Å². The van der Waals surface area contributed by atoms with Gasteiger partial charge in [0.05, 0.1) is 5.56 Å². The lowest BCUT2D eigenvalue weighted by Gasteiger charge is -2.22. The monoisotopic (exact) mass is 252 g/mol. The lowest BCUT2D eigenvalue weighted by molar-refractivity contribution is 0.0981. The van der Waals surface area contributed by atoms with Crippen molar-refractivity contribution in [1.29, 1.82) is 0 Å². The molecule has 0 spiro atoms. The van der Waals surface area contributed by atoms with Crippen molar-refractivity contribution in [2.24, 2.45) is 0 Å². The maximum Gasteiger partial charge on any atom is 0.260 e. The number of hydrogen-bond donors (Lipinski definition) is 0. The van der Waals surface area contributed by atoms with Crippen molar-refractivity contribution in [3.63, 3.8) is 0 Å². The molecule has 1 aromatic carbocycles. The molecule has 3 heteroatoms. The van der Waals surface area contributed by atoms with E-state index in [2.05, 4.69) is 18.0 Å². The minimum Gasteiger partial charge on any atom is -0.305 e. The largest absolute Gasteiger partial charge is 0.305 e. The van der Waals surface area contributed by atoms with Crippen molar-refractivity contribution in [3.05, 3.63) is 59.4 Å². The molecule has 3 nitrogen and oxygen atoms in total. The van der Waals surface area contributed by atoms with E-state index in [1.54, 1.807) is 6.20 Å². The fourth-order valence-corrected chi connectivity index (χ4v) is 2.61. The lowest BCUT2D eigenvalue weighted by Crippen LogP contribution is -2.35. The third-order valence-electron chi connectivity index (χ3n) is 3.58. The quantitative estimate of drug-likeness (QED) is 0.781. The van der Waals surface area contributed by atoms with Crippen molar-refractivity contribution in [1.82, 2.24) is 4.98 Å². The fourth-order valence-electron chi connectivity index (χ4n) is 2.61. The van der Waals surface area contributed by atoms with Crippen LogP contribution in [0, 0.1) is 6.92 Å². The van der Waals surface area contributed by atoms with Gasteiger partial charge in [-0.25, -0.2) is 0 Å². The Bertz CT molecular complexity index is 619. The van der Waals surface area contributed by atoms with Crippen LogP contribution in [0.1, 0.15) is 28.5 Å². The summed E-state index contributed by atoms with van der Waals surface area (Å²) in [7, 11) is 0. The summed E-state index contributed by atoms with van der Waals surface area (Å²) >= 11 is 0. The molecule has 0 saturated heterocycles. The number of benzene rings is 1. The van der Waals surface area contributed by atoms with Gasteiger partial charge in [0.15, 0.2) is 0 Å². The minimum atomic E-state index is 0.0324. The number of aryl methyl sites for hydroxylation is 1. The van der Waals surface area contributed by atoms with Gasteiger partial charge in [0.1, 0.15) is 0 Å². The summed E-state index contributed by atoms with van der Waals surface area (Å²) in [6.45, 7) is 4.00. The first-order valence-corrected chi connectivity index (χ1v) is 6.51. The molecular weight excluding hydrogens is 236 g/mol. The van der Waals surface area contributed by atoms with Crippen LogP contribution in [0.15, 0.2) is 42.6 Å². The van der Waals surface area contributed by atoms with Crippen LogP contribution in [0.25, 0.3) is 0 Å². The second-order valence-corrected chi connectivity index (χ2v) is 5.05. The van der Waals surface area contributed by atoms with Crippen molar-refractivity contribution in [2.75, 3.05) is 4.90 Å². The first-order chi connectivity index (χ1) is 9.16. The number of nitrogens with zero attached hydrogens (tertiary/aromatic N) is 2. The molecule has 1 unspecified atom stereocenters. The zero-order chi connectivity index (χ0) is 13.4. The van der Waals surface area contributed by atoms with Crippen molar-refractivity contribution < 1.29 is 4.79 Å². The summed E-state index contributed by atoms with van der Waals surface area (Å²) in [6.07, 6.45) is 2.58. The Morgan fingerprint density at radius 1 is 1.26 bits per heavy atom. The summed E-state index contributed by atoms with van der Waals surface area (Å²) in [5, 5.41) is 0. The molecule has 0 saturated carbocycles. The molecule has 0 aliphatic carbocycles. The topological polar surface area (TPSA) is 33.2 Å². The molecule has 0 N–H and O–H groups in total. The second kappa shape index (κ2) is 4.50. The average molecular weight is 252 g/mol. The number of rotatable bonds is 1. The van der Waals surface area contributed by atoms with Gasteiger partial charge in [-0.05, 0) is 44.0 Å². The SMILES string of the molecule is Cc1ccc(C(=O)N2c3ccccc3CC2C)cn1. The maximum atomic E-state index is 12.6. The van der Waals surface area contributed by atoms with Gasteiger partial charge in [-0.1, -0.05) is 18.2 Å². The van der Waals surface area contributed by atoms with Gasteiger partial charge < -0.3 is 4.90 Å². The Hall–Kier alpha value is -2.16. The van der Waals surface area contributed by atoms with Gasteiger partial charge in [0, 0.05) is 23.6 Å². The highest BCUT2D eigenvalue weighted by Crippen LogP contribution is 2.32. The molecule has 1 aromatic heterocycles. The number of anilines is 1. The van der Waals surface area contributed by atoms with Crippen LogP contribution in [0.2, 0.25) is 0 Å². The molecule has 1 amide bonds.